The quantitative estimate of drug-likeness (QED) is 0.650. The summed E-state index contributed by atoms with van der Waals surface area (Å²) in [5, 5.41) is 6.33. The first-order valence-corrected chi connectivity index (χ1v) is 7.12. The zero-order valence-corrected chi connectivity index (χ0v) is 11.6. The summed E-state index contributed by atoms with van der Waals surface area (Å²) in [4.78, 5) is 11.6. The van der Waals surface area contributed by atoms with Gasteiger partial charge < -0.3 is 10.6 Å². The van der Waals surface area contributed by atoms with E-state index in [1.54, 1.807) is 0 Å². The molecular weight excluding hydrogens is 212 g/mol. The van der Waals surface area contributed by atoms with Gasteiger partial charge in [0.15, 0.2) is 0 Å². The molecule has 1 rings (SSSR count). The first-order chi connectivity index (χ1) is 8.12. The maximum atomic E-state index is 11.6. The van der Waals surface area contributed by atoms with E-state index in [0.29, 0.717) is 18.0 Å². The molecule has 1 fully saturated rings. The third-order valence-corrected chi connectivity index (χ3v) is 3.65. The summed E-state index contributed by atoms with van der Waals surface area (Å²) in [6.07, 6.45) is 7.40. The van der Waals surface area contributed by atoms with Crippen LogP contribution in [0.15, 0.2) is 0 Å². The lowest BCUT2D eigenvalue weighted by molar-refractivity contribution is -0.120. The second-order valence-corrected chi connectivity index (χ2v) is 5.61. The second-order valence-electron chi connectivity index (χ2n) is 5.61. The largest absolute Gasteiger partial charge is 0.353 e. The molecule has 0 aliphatic heterocycles. The Bertz CT molecular complexity index is 236. The highest BCUT2D eigenvalue weighted by atomic mass is 16.1. The third kappa shape index (κ3) is 5.53. The van der Waals surface area contributed by atoms with Crippen molar-refractivity contribution in [3.8, 4) is 0 Å². The minimum atomic E-state index is 0.137. The van der Waals surface area contributed by atoms with Gasteiger partial charge in [0, 0.05) is 12.6 Å². The Morgan fingerprint density at radius 2 is 2.00 bits per heavy atom. The summed E-state index contributed by atoms with van der Waals surface area (Å²) in [5.74, 6) is 0.137. The Hall–Kier alpha value is -0.570. The maximum Gasteiger partial charge on any atom is 0.234 e. The molecule has 3 heteroatoms. The van der Waals surface area contributed by atoms with E-state index >= 15 is 0 Å². The average molecular weight is 240 g/mol. The van der Waals surface area contributed by atoms with E-state index in [9.17, 15) is 4.79 Å². The van der Waals surface area contributed by atoms with Gasteiger partial charge in [-0.3, -0.25) is 4.79 Å². The SMILES string of the molecule is CCCC(C)NC(=O)CNCC1(CCC)CC1. The van der Waals surface area contributed by atoms with Crippen LogP contribution in [0.3, 0.4) is 0 Å². The van der Waals surface area contributed by atoms with E-state index in [2.05, 4.69) is 31.4 Å². The van der Waals surface area contributed by atoms with E-state index in [1.165, 1.54) is 25.7 Å². The summed E-state index contributed by atoms with van der Waals surface area (Å²) < 4.78 is 0. The van der Waals surface area contributed by atoms with Gasteiger partial charge in [0.2, 0.25) is 5.91 Å². The first-order valence-electron chi connectivity index (χ1n) is 7.12. The second kappa shape index (κ2) is 7.00. The van der Waals surface area contributed by atoms with E-state index in [4.69, 9.17) is 0 Å². The van der Waals surface area contributed by atoms with Crippen molar-refractivity contribution in [2.45, 2.75) is 65.3 Å². The molecule has 1 saturated carbocycles. The Morgan fingerprint density at radius 3 is 2.53 bits per heavy atom. The highest BCUT2D eigenvalue weighted by Gasteiger charge is 2.40. The zero-order valence-electron chi connectivity index (χ0n) is 11.6. The van der Waals surface area contributed by atoms with Gasteiger partial charge in [0.25, 0.3) is 0 Å². The Labute approximate surface area is 106 Å². The van der Waals surface area contributed by atoms with Crippen molar-refractivity contribution in [2.24, 2.45) is 5.41 Å². The van der Waals surface area contributed by atoms with Gasteiger partial charge in [-0.25, -0.2) is 0 Å². The maximum absolute atomic E-state index is 11.6. The summed E-state index contributed by atoms with van der Waals surface area (Å²) in [7, 11) is 0. The van der Waals surface area contributed by atoms with E-state index < -0.39 is 0 Å². The molecule has 0 saturated heterocycles. The predicted octanol–water partition coefficient (Wildman–Crippen LogP) is 2.46. The summed E-state index contributed by atoms with van der Waals surface area (Å²) in [5.41, 5.74) is 0.532. The van der Waals surface area contributed by atoms with Crippen LogP contribution < -0.4 is 10.6 Å². The first kappa shape index (κ1) is 14.5. The molecule has 1 amide bonds. The lowest BCUT2D eigenvalue weighted by atomic mass is 10.0. The van der Waals surface area contributed by atoms with Gasteiger partial charge >= 0.3 is 0 Å². The molecule has 0 spiro atoms. The van der Waals surface area contributed by atoms with Crippen molar-refractivity contribution in [1.29, 1.82) is 0 Å². The highest BCUT2D eigenvalue weighted by molar-refractivity contribution is 5.78. The van der Waals surface area contributed by atoms with Crippen molar-refractivity contribution in [3.63, 3.8) is 0 Å². The number of hydrogen-bond acceptors (Lipinski definition) is 2. The van der Waals surface area contributed by atoms with Gasteiger partial charge in [-0.15, -0.1) is 0 Å². The monoisotopic (exact) mass is 240 g/mol. The van der Waals surface area contributed by atoms with Gasteiger partial charge in [0.1, 0.15) is 0 Å². The molecule has 1 aliphatic carbocycles. The molecule has 1 atom stereocenters. The molecule has 0 heterocycles. The number of carbonyl (C=O) groups excluding carboxylic acids is 1. The minimum absolute atomic E-state index is 0.137. The fraction of sp³-hybridized carbons (Fsp3) is 0.929. The summed E-state index contributed by atoms with van der Waals surface area (Å²) in [6.45, 7) is 7.93. The molecule has 0 aromatic carbocycles. The van der Waals surface area contributed by atoms with E-state index in [-0.39, 0.29) is 5.91 Å². The van der Waals surface area contributed by atoms with E-state index in [1.807, 2.05) is 0 Å². The summed E-state index contributed by atoms with van der Waals surface area (Å²) in [6, 6.07) is 0.305. The zero-order chi connectivity index (χ0) is 12.7. The number of rotatable bonds is 9. The van der Waals surface area contributed by atoms with Crippen LogP contribution in [-0.4, -0.2) is 25.0 Å². The van der Waals surface area contributed by atoms with Gasteiger partial charge in [-0.1, -0.05) is 26.7 Å². The van der Waals surface area contributed by atoms with Crippen molar-refractivity contribution in [2.75, 3.05) is 13.1 Å². The molecule has 0 aromatic heterocycles. The smallest absolute Gasteiger partial charge is 0.234 e. The standard InChI is InChI=1S/C14H28N2O/c1-4-6-12(3)16-13(17)10-15-11-14(7-5-2)8-9-14/h12,15H,4-11H2,1-3H3,(H,16,17). The number of carbonyl (C=O) groups is 1. The van der Waals surface area contributed by atoms with Gasteiger partial charge in [-0.05, 0) is 38.0 Å². The molecule has 100 valence electrons. The van der Waals surface area contributed by atoms with Crippen LogP contribution in [0.2, 0.25) is 0 Å². The molecule has 0 bridgehead atoms. The lowest BCUT2D eigenvalue weighted by Crippen LogP contribution is -2.40. The molecule has 1 aliphatic rings. The molecule has 17 heavy (non-hydrogen) atoms. The van der Waals surface area contributed by atoms with Crippen molar-refractivity contribution in [3.05, 3.63) is 0 Å². The van der Waals surface area contributed by atoms with Crippen LogP contribution in [0.5, 0.6) is 0 Å². The average Bonchev–Trinajstić information content (AvgIpc) is 2.99. The number of nitrogens with one attached hydrogen (secondary N) is 2. The topological polar surface area (TPSA) is 41.1 Å². The Morgan fingerprint density at radius 1 is 1.29 bits per heavy atom. The van der Waals surface area contributed by atoms with E-state index in [0.717, 1.165) is 19.4 Å². The predicted molar refractivity (Wildman–Crippen MR) is 72.0 cm³/mol. The van der Waals surface area contributed by atoms with Crippen LogP contribution in [0.1, 0.15) is 59.3 Å². The minimum Gasteiger partial charge on any atom is -0.353 e. The molecule has 3 nitrogen and oxygen atoms in total. The lowest BCUT2D eigenvalue weighted by Gasteiger charge is -2.16. The van der Waals surface area contributed by atoms with Gasteiger partial charge in [0.05, 0.1) is 6.54 Å². The number of amides is 1. The normalized spacial score (nSPS) is 18.8. The Kier molecular flexibility index (Phi) is 5.96. The highest BCUT2D eigenvalue weighted by Crippen LogP contribution is 2.48. The molecule has 2 N–H and O–H groups in total. The van der Waals surface area contributed by atoms with Crippen molar-refractivity contribution in [1.82, 2.24) is 10.6 Å². The van der Waals surface area contributed by atoms with Crippen LogP contribution >= 0.6 is 0 Å². The Balaban J connectivity index is 2.08. The van der Waals surface area contributed by atoms with Crippen molar-refractivity contribution >= 4 is 5.91 Å². The summed E-state index contributed by atoms with van der Waals surface area (Å²) >= 11 is 0. The molecule has 0 aromatic rings. The van der Waals surface area contributed by atoms with Crippen LogP contribution in [0, 0.1) is 5.41 Å². The third-order valence-electron chi connectivity index (χ3n) is 3.65. The van der Waals surface area contributed by atoms with Crippen LogP contribution in [0.25, 0.3) is 0 Å². The van der Waals surface area contributed by atoms with Crippen LogP contribution in [0.4, 0.5) is 0 Å². The fourth-order valence-electron chi connectivity index (χ4n) is 2.49. The fourth-order valence-corrected chi connectivity index (χ4v) is 2.49. The molecule has 1 unspecified atom stereocenters. The molecule has 0 radical (unpaired) electrons. The van der Waals surface area contributed by atoms with Gasteiger partial charge in [-0.2, -0.15) is 0 Å². The van der Waals surface area contributed by atoms with Crippen LogP contribution in [-0.2, 0) is 4.79 Å². The number of hydrogen-bond donors (Lipinski definition) is 2. The van der Waals surface area contributed by atoms with Crippen molar-refractivity contribution < 1.29 is 4.79 Å². The molecular formula is C14H28N2O.